The third-order valence-electron chi connectivity index (χ3n) is 7.11. The molecule has 0 atom stereocenters. The Morgan fingerprint density at radius 2 is 1.79 bits per heavy atom. The molecule has 0 saturated carbocycles. The van der Waals surface area contributed by atoms with Gasteiger partial charge in [0.05, 0.1) is 27.3 Å². The Kier molecular flexibility index (Phi) is 9.31. The van der Waals surface area contributed by atoms with Crippen LogP contribution in [-0.2, 0) is 23.0 Å². The summed E-state index contributed by atoms with van der Waals surface area (Å²) >= 11 is 3.20. The molecule has 4 aromatic rings. The number of amides is 1. The first-order valence-corrected chi connectivity index (χ1v) is 16.8. The van der Waals surface area contributed by atoms with E-state index in [0.717, 1.165) is 62.6 Å². The van der Waals surface area contributed by atoms with Crippen molar-refractivity contribution in [3.63, 3.8) is 0 Å². The number of hydrogen-bond acceptors (Lipinski definition) is 9. The van der Waals surface area contributed by atoms with Crippen LogP contribution in [0.25, 0.3) is 20.8 Å². The summed E-state index contributed by atoms with van der Waals surface area (Å²) in [4.78, 5) is 22.0. The van der Waals surface area contributed by atoms with Gasteiger partial charge in [-0.05, 0) is 61.3 Å². The van der Waals surface area contributed by atoms with Crippen LogP contribution in [0.4, 0.5) is 5.00 Å². The molecule has 2 aromatic carbocycles. The van der Waals surface area contributed by atoms with Gasteiger partial charge in [-0.3, -0.25) is 9.69 Å². The molecule has 1 aliphatic heterocycles. The molecule has 0 unspecified atom stereocenters. The number of nitriles is 2. The highest BCUT2D eigenvalue weighted by Crippen LogP contribution is 2.45. The van der Waals surface area contributed by atoms with Crippen LogP contribution < -0.4 is 5.32 Å². The molecule has 0 saturated heterocycles. The quantitative estimate of drug-likeness (QED) is 0.223. The van der Waals surface area contributed by atoms with Gasteiger partial charge in [0.15, 0.2) is 0 Å². The molecular weight excluding hydrogens is 589 g/mol. The normalized spacial score (nSPS) is 13.5. The largest absolute Gasteiger partial charge is 0.313 e. The monoisotopic (exact) mass is 618 g/mol. The number of para-hydroxylation sites is 1. The molecule has 2 aromatic heterocycles. The molecule has 0 spiro atoms. The predicted molar refractivity (Wildman–Crippen MR) is 166 cm³/mol. The smallest absolute Gasteiger partial charge is 0.256 e. The standard InChI is InChI=1S/C30H30N6O3S3/c1-2-16-35-19-13-23-26(20-35)41-30(27(23)29-33-24-7-3-4-8-25(24)40-29)34-28(37)21-9-11-22(12-10-21)42(38,39)36(17-5-14-31)18-6-15-32/h3-4,7-12H,2,5-6,13,16-20H2,1H3,(H,34,37). The summed E-state index contributed by atoms with van der Waals surface area (Å²) in [7, 11) is -3.92. The number of sulfonamides is 1. The lowest BCUT2D eigenvalue weighted by Gasteiger charge is -2.26. The first-order chi connectivity index (χ1) is 20.3. The Balaban J connectivity index is 1.43. The lowest BCUT2D eigenvalue weighted by molar-refractivity contribution is 0.102. The van der Waals surface area contributed by atoms with Crippen LogP contribution in [0, 0.1) is 22.7 Å². The van der Waals surface area contributed by atoms with Crippen LogP contribution in [0.15, 0.2) is 53.4 Å². The minimum Gasteiger partial charge on any atom is -0.313 e. The molecule has 12 heteroatoms. The molecule has 1 N–H and O–H groups in total. The van der Waals surface area contributed by atoms with Crippen LogP contribution >= 0.6 is 22.7 Å². The zero-order chi connectivity index (χ0) is 29.7. The topological polar surface area (TPSA) is 130 Å². The van der Waals surface area contributed by atoms with Gasteiger partial charge in [0.2, 0.25) is 10.0 Å². The second-order valence-corrected chi connectivity index (χ2v) is 14.0. The van der Waals surface area contributed by atoms with E-state index < -0.39 is 10.0 Å². The van der Waals surface area contributed by atoms with Gasteiger partial charge in [0.25, 0.3) is 5.91 Å². The number of nitrogens with one attached hydrogen (secondary N) is 1. The van der Waals surface area contributed by atoms with E-state index in [1.165, 1.54) is 34.7 Å². The highest BCUT2D eigenvalue weighted by Gasteiger charge is 2.28. The Hall–Kier alpha value is -3.65. The van der Waals surface area contributed by atoms with E-state index in [1.807, 2.05) is 36.4 Å². The van der Waals surface area contributed by atoms with E-state index in [0.29, 0.717) is 5.56 Å². The van der Waals surface area contributed by atoms with Gasteiger partial charge < -0.3 is 5.32 Å². The van der Waals surface area contributed by atoms with Gasteiger partial charge in [0.1, 0.15) is 10.0 Å². The molecule has 9 nitrogen and oxygen atoms in total. The average molecular weight is 619 g/mol. The fraction of sp³-hybridized carbons (Fsp3) is 0.333. The Morgan fingerprint density at radius 1 is 1.07 bits per heavy atom. The highest BCUT2D eigenvalue weighted by atomic mass is 32.2. The fourth-order valence-electron chi connectivity index (χ4n) is 5.06. The zero-order valence-electron chi connectivity index (χ0n) is 23.2. The zero-order valence-corrected chi connectivity index (χ0v) is 25.6. The van der Waals surface area contributed by atoms with E-state index in [4.69, 9.17) is 15.5 Å². The molecule has 1 aliphatic rings. The summed E-state index contributed by atoms with van der Waals surface area (Å²) in [6.07, 6.45) is 2.00. The number of aromatic nitrogens is 1. The van der Waals surface area contributed by atoms with Gasteiger partial charge in [-0.25, -0.2) is 13.4 Å². The maximum absolute atomic E-state index is 13.5. The molecule has 0 fully saturated rings. The molecule has 3 heterocycles. The summed E-state index contributed by atoms with van der Waals surface area (Å²) in [5.41, 5.74) is 3.46. The van der Waals surface area contributed by atoms with Crippen molar-refractivity contribution in [1.82, 2.24) is 14.2 Å². The van der Waals surface area contributed by atoms with Crippen molar-refractivity contribution in [1.29, 1.82) is 10.5 Å². The predicted octanol–water partition coefficient (Wildman–Crippen LogP) is 5.86. The second-order valence-electron chi connectivity index (χ2n) is 9.92. The third-order valence-corrected chi connectivity index (χ3v) is 11.2. The number of anilines is 1. The number of rotatable bonds is 11. The molecule has 42 heavy (non-hydrogen) atoms. The summed E-state index contributed by atoms with van der Waals surface area (Å²) < 4.78 is 28.6. The van der Waals surface area contributed by atoms with Crippen molar-refractivity contribution in [3.8, 4) is 22.7 Å². The lowest BCUT2D eigenvalue weighted by atomic mass is 10.0. The van der Waals surface area contributed by atoms with E-state index in [9.17, 15) is 13.2 Å². The molecule has 0 bridgehead atoms. The molecule has 0 radical (unpaired) electrons. The van der Waals surface area contributed by atoms with Crippen molar-refractivity contribution in [2.75, 3.05) is 31.5 Å². The molecule has 1 amide bonds. The number of carbonyl (C=O) groups is 1. The van der Waals surface area contributed by atoms with Crippen LogP contribution in [-0.4, -0.2) is 54.7 Å². The minimum atomic E-state index is -3.92. The number of thiazole rings is 1. The maximum atomic E-state index is 13.5. The molecule has 5 rings (SSSR count). The minimum absolute atomic E-state index is 0.00394. The second kappa shape index (κ2) is 13.1. The molecule has 0 aliphatic carbocycles. The lowest BCUT2D eigenvalue weighted by Crippen LogP contribution is -2.32. The van der Waals surface area contributed by atoms with E-state index in [-0.39, 0.29) is 36.7 Å². The van der Waals surface area contributed by atoms with Crippen molar-refractivity contribution in [2.45, 2.75) is 44.0 Å². The van der Waals surface area contributed by atoms with Crippen molar-refractivity contribution in [3.05, 3.63) is 64.5 Å². The number of thiophene rings is 1. The summed E-state index contributed by atoms with van der Waals surface area (Å²) in [6, 6.07) is 17.7. The van der Waals surface area contributed by atoms with Crippen LogP contribution in [0.3, 0.4) is 0 Å². The molecular formula is C30H30N6O3S3. The maximum Gasteiger partial charge on any atom is 0.256 e. The van der Waals surface area contributed by atoms with Gasteiger partial charge in [0, 0.05) is 55.0 Å². The van der Waals surface area contributed by atoms with Crippen LogP contribution in [0.2, 0.25) is 0 Å². The first-order valence-electron chi connectivity index (χ1n) is 13.7. The van der Waals surface area contributed by atoms with Gasteiger partial charge in [-0.1, -0.05) is 19.1 Å². The Bertz CT molecular complexity index is 1730. The SMILES string of the molecule is CCCN1CCc2c(sc(NC(=O)c3ccc(S(=O)(=O)N(CCC#N)CCC#N)cc3)c2-c2nc3ccccc3s2)C1. The average Bonchev–Trinajstić information content (AvgIpc) is 3.57. The third kappa shape index (κ3) is 6.24. The van der Waals surface area contributed by atoms with Crippen molar-refractivity contribution in [2.24, 2.45) is 0 Å². The summed E-state index contributed by atoms with van der Waals surface area (Å²) in [5.74, 6) is -0.337. The van der Waals surface area contributed by atoms with E-state index in [2.05, 4.69) is 17.1 Å². The van der Waals surface area contributed by atoms with Crippen LogP contribution in [0.1, 0.15) is 47.0 Å². The number of fused-ring (bicyclic) bond motifs is 2. The van der Waals surface area contributed by atoms with Crippen LogP contribution in [0.5, 0.6) is 0 Å². The van der Waals surface area contributed by atoms with Crippen molar-refractivity contribution >= 4 is 53.8 Å². The number of benzene rings is 2. The van der Waals surface area contributed by atoms with E-state index in [1.54, 1.807) is 22.7 Å². The number of hydrogen-bond donors (Lipinski definition) is 1. The number of carbonyl (C=O) groups excluding carboxylic acids is 1. The van der Waals surface area contributed by atoms with Crippen molar-refractivity contribution < 1.29 is 13.2 Å². The fourth-order valence-corrected chi connectivity index (χ4v) is 8.90. The van der Waals surface area contributed by atoms with Gasteiger partial charge in [-0.2, -0.15) is 14.8 Å². The van der Waals surface area contributed by atoms with E-state index >= 15 is 0 Å². The highest BCUT2D eigenvalue weighted by molar-refractivity contribution is 7.89. The van der Waals surface area contributed by atoms with Gasteiger partial charge >= 0.3 is 0 Å². The summed E-state index contributed by atoms with van der Waals surface area (Å²) in [5, 5.41) is 22.6. The Labute approximate surface area is 253 Å². The first kappa shape index (κ1) is 29.8. The molecule has 216 valence electrons. The summed E-state index contributed by atoms with van der Waals surface area (Å²) in [6.45, 7) is 4.98. The Morgan fingerprint density at radius 3 is 2.45 bits per heavy atom. The number of nitrogens with zero attached hydrogens (tertiary/aromatic N) is 5. The van der Waals surface area contributed by atoms with Gasteiger partial charge in [-0.15, -0.1) is 22.7 Å².